The summed E-state index contributed by atoms with van der Waals surface area (Å²) in [6, 6.07) is 58.7. The van der Waals surface area contributed by atoms with Gasteiger partial charge < -0.3 is 8.83 Å². The number of fused-ring (bicyclic) bond motifs is 2. The Bertz CT molecular complexity index is 2660. The molecule has 7 nitrogen and oxygen atoms in total. The van der Waals surface area contributed by atoms with Gasteiger partial charge in [-0.3, -0.25) is 0 Å². The van der Waals surface area contributed by atoms with Crippen molar-refractivity contribution in [3.8, 4) is 79.3 Å². The summed E-state index contributed by atoms with van der Waals surface area (Å²) in [6.07, 6.45) is 0. The third-order valence-corrected chi connectivity index (χ3v) is 9.41. The lowest BCUT2D eigenvalue weighted by molar-refractivity contribution is 0.619. The summed E-state index contributed by atoms with van der Waals surface area (Å²) < 4.78 is 12.1. The number of nitrogens with zero attached hydrogens (tertiary/aromatic N) is 5. The summed E-state index contributed by atoms with van der Waals surface area (Å²) in [5.41, 5.74) is 11.8. The van der Waals surface area contributed by atoms with Crippen LogP contribution in [0.3, 0.4) is 0 Å². The molecule has 0 saturated carbocycles. The van der Waals surface area contributed by atoms with Gasteiger partial charge in [0.05, 0.1) is 0 Å². The van der Waals surface area contributed by atoms with Crippen LogP contribution in [0.25, 0.3) is 102 Å². The zero-order chi connectivity index (χ0) is 35.8. The van der Waals surface area contributed by atoms with Gasteiger partial charge in [-0.1, -0.05) is 109 Å². The van der Waals surface area contributed by atoms with E-state index in [1.165, 1.54) is 0 Å². The van der Waals surface area contributed by atoms with Crippen LogP contribution < -0.4 is 0 Å². The zero-order valence-electron chi connectivity index (χ0n) is 28.8. The molecule has 0 N–H and O–H groups in total. The third-order valence-electron chi connectivity index (χ3n) is 9.41. The van der Waals surface area contributed by atoms with E-state index in [9.17, 15) is 0 Å². The average Bonchev–Trinajstić information content (AvgIpc) is 3.89. The minimum atomic E-state index is 0.581. The first-order valence-corrected chi connectivity index (χ1v) is 17.7. The molecule has 3 heterocycles. The van der Waals surface area contributed by atoms with Crippen LogP contribution in [-0.4, -0.2) is 24.9 Å². The van der Waals surface area contributed by atoms with Crippen molar-refractivity contribution < 1.29 is 8.83 Å². The van der Waals surface area contributed by atoms with Crippen molar-refractivity contribution in [3.63, 3.8) is 0 Å². The van der Waals surface area contributed by atoms with E-state index in [2.05, 4.69) is 42.5 Å². The summed E-state index contributed by atoms with van der Waals surface area (Å²) in [4.78, 5) is 24.4. The van der Waals surface area contributed by atoms with Crippen LogP contribution in [-0.2, 0) is 0 Å². The summed E-state index contributed by atoms with van der Waals surface area (Å²) in [7, 11) is 0. The van der Waals surface area contributed by atoms with E-state index in [1.54, 1.807) is 0 Å². The summed E-state index contributed by atoms with van der Waals surface area (Å²) in [5.74, 6) is 2.97. The minimum absolute atomic E-state index is 0.581. The van der Waals surface area contributed by atoms with Crippen molar-refractivity contribution in [3.05, 3.63) is 176 Å². The minimum Gasteiger partial charge on any atom is -0.436 e. The van der Waals surface area contributed by atoms with Gasteiger partial charge in [-0.2, -0.15) is 0 Å². The van der Waals surface area contributed by atoms with Gasteiger partial charge in [-0.05, 0) is 89.0 Å². The van der Waals surface area contributed by atoms with Gasteiger partial charge in [0.2, 0.25) is 11.8 Å². The smallest absolute Gasteiger partial charge is 0.227 e. The Balaban J connectivity index is 1.10. The van der Waals surface area contributed by atoms with Gasteiger partial charge in [-0.25, -0.2) is 24.9 Å². The number of benzene rings is 7. The molecule has 0 aliphatic rings. The molecule has 0 radical (unpaired) electrons. The molecule has 0 unspecified atom stereocenters. The molecule has 0 aliphatic carbocycles. The Hall–Kier alpha value is -7.51. The molecule has 3 aromatic heterocycles. The van der Waals surface area contributed by atoms with Gasteiger partial charge in [0, 0.05) is 27.8 Å². The quantitative estimate of drug-likeness (QED) is 0.164. The van der Waals surface area contributed by atoms with Crippen LogP contribution in [0.15, 0.2) is 185 Å². The van der Waals surface area contributed by atoms with E-state index in [4.69, 9.17) is 33.8 Å². The molecule has 7 heteroatoms. The molecular weight excluding hydrogens is 667 g/mol. The van der Waals surface area contributed by atoms with Crippen LogP contribution in [0.1, 0.15) is 0 Å². The van der Waals surface area contributed by atoms with Crippen LogP contribution in [0.4, 0.5) is 0 Å². The maximum atomic E-state index is 6.06. The number of hydrogen-bond acceptors (Lipinski definition) is 7. The van der Waals surface area contributed by atoms with E-state index in [0.29, 0.717) is 29.3 Å². The van der Waals surface area contributed by atoms with Crippen LogP contribution >= 0.6 is 0 Å². The predicted molar refractivity (Wildman–Crippen MR) is 213 cm³/mol. The molecule has 0 saturated heterocycles. The van der Waals surface area contributed by atoms with E-state index < -0.39 is 0 Å². The highest BCUT2D eigenvalue weighted by atomic mass is 16.4. The number of hydrogen-bond donors (Lipinski definition) is 0. The highest BCUT2D eigenvalue weighted by Gasteiger charge is 2.16. The fourth-order valence-corrected chi connectivity index (χ4v) is 6.63. The highest BCUT2D eigenvalue weighted by molar-refractivity contribution is 5.83. The normalized spacial score (nSPS) is 11.3. The maximum Gasteiger partial charge on any atom is 0.227 e. The number of rotatable bonds is 7. The lowest BCUT2D eigenvalue weighted by atomic mass is 9.95. The third kappa shape index (κ3) is 5.99. The molecule has 0 bridgehead atoms. The van der Waals surface area contributed by atoms with Crippen molar-refractivity contribution in [2.75, 3.05) is 0 Å². The molecule has 0 aliphatic heterocycles. The van der Waals surface area contributed by atoms with Gasteiger partial charge in [-0.15, -0.1) is 0 Å². The van der Waals surface area contributed by atoms with Gasteiger partial charge in [0.1, 0.15) is 11.0 Å². The SMILES string of the molecule is c1ccc(-c2nc(-c3ccccc3)nc(-c3cc(-c4ccc(-c5nc6ccccc6o5)cc4)cc(-c4ccc(-c5nc6ccccc6o5)cc4)c3)n2)cc1. The predicted octanol–water partition coefficient (Wildman–Crippen LogP) is 11.8. The fourth-order valence-electron chi connectivity index (χ4n) is 6.63. The van der Waals surface area contributed by atoms with E-state index >= 15 is 0 Å². The topological polar surface area (TPSA) is 90.7 Å². The first-order chi connectivity index (χ1) is 26.7. The maximum absolute atomic E-state index is 6.06. The Morgan fingerprint density at radius 2 is 0.611 bits per heavy atom. The van der Waals surface area contributed by atoms with Gasteiger partial charge in [0.25, 0.3) is 0 Å². The second kappa shape index (κ2) is 13.2. The van der Waals surface area contributed by atoms with Crippen molar-refractivity contribution in [1.82, 2.24) is 24.9 Å². The Kier molecular flexibility index (Phi) is 7.66. The second-order valence-corrected chi connectivity index (χ2v) is 13.0. The average molecular weight is 696 g/mol. The Labute approximate surface area is 310 Å². The number of aromatic nitrogens is 5. The van der Waals surface area contributed by atoms with E-state index in [1.807, 2.05) is 133 Å². The van der Waals surface area contributed by atoms with Crippen LogP contribution in [0, 0.1) is 0 Å². The molecule has 254 valence electrons. The first kappa shape index (κ1) is 31.2. The first-order valence-electron chi connectivity index (χ1n) is 17.7. The molecule has 10 rings (SSSR count). The van der Waals surface area contributed by atoms with Crippen molar-refractivity contribution in [2.24, 2.45) is 0 Å². The van der Waals surface area contributed by atoms with E-state index in [0.717, 1.165) is 72.3 Å². The summed E-state index contributed by atoms with van der Waals surface area (Å²) in [6.45, 7) is 0. The molecule has 54 heavy (non-hydrogen) atoms. The summed E-state index contributed by atoms with van der Waals surface area (Å²) >= 11 is 0. The van der Waals surface area contributed by atoms with Crippen molar-refractivity contribution in [2.45, 2.75) is 0 Å². The zero-order valence-corrected chi connectivity index (χ0v) is 28.8. The molecule has 0 fully saturated rings. The van der Waals surface area contributed by atoms with Gasteiger partial charge >= 0.3 is 0 Å². The lowest BCUT2D eigenvalue weighted by Crippen LogP contribution is -2.00. The standard InChI is InChI=1S/C47H29N5O2/c1-3-11-32(12-4-1)43-50-44(33-13-5-2-6-14-33)52-45(51-43)38-28-36(30-19-23-34(24-20-30)46-48-39-15-7-9-17-41(39)53-46)27-37(29-38)31-21-25-35(26-22-31)47-49-40-16-8-10-18-42(40)54-47/h1-29H. The molecular formula is C47H29N5O2. The Morgan fingerprint density at radius 3 is 1.04 bits per heavy atom. The molecule has 0 spiro atoms. The van der Waals surface area contributed by atoms with Crippen LogP contribution in [0.5, 0.6) is 0 Å². The summed E-state index contributed by atoms with van der Waals surface area (Å²) in [5, 5.41) is 0. The van der Waals surface area contributed by atoms with Crippen molar-refractivity contribution >= 4 is 22.2 Å². The number of para-hydroxylation sites is 4. The van der Waals surface area contributed by atoms with E-state index in [-0.39, 0.29) is 0 Å². The van der Waals surface area contributed by atoms with Gasteiger partial charge in [0.15, 0.2) is 28.6 Å². The fraction of sp³-hybridized carbons (Fsp3) is 0. The molecule has 0 amide bonds. The number of oxazole rings is 2. The molecule has 10 aromatic rings. The van der Waals surface area contributed by atoms with Crippen LogP contribution in [0.2, 0.25) is 0 Å². The Morgan fingerprint density at radius 1 is 0.259 bits per heavy atom. The largest absolute Gasteiger partial charge is 0.436 e. The lowest BCUT2D eigenvalue weighted by Gasteiger charge is -2.13. The second-order valence-electron chi connectivity index (χ2n) is 13.0. The monoisotopic (exact) mass is 695 g/mol. The highest BCUT2D eigenvalue weighted by Crippen LogP contribution is 2.35. The molecule has 7 aromatic carbocycles. The molecule has 0 atom stereocenters. The van der Waals surface area contributed by atoms with Crippen molar-refractivity contribution in [1.29, 1.82) is 0 Å².